The van der Waals surface area contributed by atoms with E-state index in [4.69, 9.17) is 28.4 Å². The molecule has 0 bridgehead atoms. The molecular weight excluding hydrogens is 380 g/mol. The molecule has 8 heteroatoms. The number of carbonyl (C=O) groups excluding carboxylic acids is 2. The summed E-state index contributed by atoms with van der Waals surface area (Å²) in [6.07, 6.45) is 2.29. The number of hydrogen-bond donors (Lipinski definition) is 0. The minimum Gasteiger partial charge on any atom is -0.457 e. The summed E-state index contributed by atoms with van der Waals surface area (Å²) in [6, 6.07) is 0. The fourth-order valence-electron chi connectivity index (χ4n) is 3.85. The van der Waals surface area contributed by atoms with Crippen LogP contribution in [0.3, 0.4) is 0 Å². The molecule has 1 aliphatic carbocycles. The van der Waals surface area contributed by atoms with E-state index in [2.05, 4.69) is 6.58 Å². The highest BCUT2D eigenvalue weighted by Crippen LogP contribution is 2.49. The van der Waals surface area contributed by atoms with Crippen LogP contribution in [-0.2, 0) is 38.0 Å². The second-order valence-electron chi connectivity index (χ2n) is 8.64. The maximum Gasteiger partial charge on any atom is 0.334 e. The van der Waals surface area contributed by atoms with Gasteiger partial charge in [-0.15, -0.1) is 0 Å². The molecule has 29 heavy (non-hydrogen) atoms. The molecule has 0 aromatic heterocycles. The third-order valence-corrected chi connectivity index (χ3v) is 4.93. The standard InChI is InChI=1S/C21H34O8/c1-14(17(23)28-19(3,4)5)13-21(26-15(2)22)16(18(24-6)25-7)27-20(29-21)11-9-8-10-12-20/h16,18H,1,8-13H2,2-7H3. The summed E-state index contributed by atoms with van der Waals surface area (Å²) in [5.74, 6) is -3.72. The SMILES string of the molecule is C=C(CC1(OC(C)=O)OC2(CCCCC2)OC1C(OC)OC)C(=O)OC(C)(C)C. The third kappa shape index (κ3) is 5.78. The van der Waals surface area contributed by atoms with Crippen LogP contribution in [-0.4, -0.2) is 55.7 Å². The van der Waals surface area contributed by atoms with Gasteiger partial charge in [0.1, 0.15) is 5.60 Å². The van der Waals surface area contributed by atoms with Gasteiger partial charge in [0.25, 0.3) is 5.79 Å². The molecule has 2 atom stereocenters. The quantitative estimate of drug-likeness (QED) is 0.356. The van der Waals surface area contributed by atoms with Crippen molar-refractivity contribution in [2.24, 2.45) is 0 Å². The lowest BCUT2D eigenvalue weighted by atomic mass is 9.94. The average Bonchev–Trinajstić information content (AvgIpc) is 2.87. The Morgan fingerprint density at radius 3 is 2.21 bits per heavy atom. The Morgan fingerprint density at radius 1 is 1.14 bits per heavy atom. The summed E-state index contributed by atoms with van der Waals surface area (Å²) in [5, 5.41) is 0. The van der Waals surface area contributed by atoms with Crippen LogP contribution in [0.5, 0.6) is 0 Å². The van der Waals surface area contributed by atoms with Crippen LogP contribution >= 0.6 is 0 Å². The maximum atomic E-state index is 12.5. The fourth-order valence-corrected chi connectivity index (χ4v) is 3.85. The van der Waals surface area contributed by atoms with E-state index in [0.29, 0.717) is 12.8 Å². The zero-order valence-corrected chi connectivity index (χ0v) is 18.4. The Labute approximate surface area is 172 Å². The predicted octanol–water partition coefficient (Wildman–Crippen LogP) is 3.23. The van der Waals surface area contributed by atoms with Crippen LogP contribution in [0.1, 0.15) is 66.2 Å². The maximum absolute atomic E-state index is 12.5. The van der Waals surface area contributed by atoms with Gasteiger partial charge in [-0.2, -0.15) is 0 Å². The molecular formula is C21H34O8. The molecule has 1 aliphatic heterocycles. The lowest BCUT2D eigenvalue weighted by molar-refractivity contribution is -0.270. The van der Waals surface area contributed by atoms with Crippen LogP contribution < -0.4 is 0 Å². The Balaban J connectivity index is 2.38. The van der Waals surface area contributed by atoms with Gasteiger partial charge in [-0.3, -0.25) is 4.79 Å². The van der Waals surface area contributed by atoms with Crippen molar-refractivity contribution in [3.63, 3.8) is 0 Å². The van der Waals surface area contributed by atoms with Crippen molar-refractivity contribution in [2.45, 2.75) is 95.8 Å². The van der Waals surface area contributed by atoms with Crippen LogP contribution in [0.15, 0.2) is 12.2 Å². The van der Waals surface area contributed by atoms with Crippen molar-refractivity contribution >= 4 is 11.9 Å². The molecule has 2 aliphatic rings. The summed E-state index contributed by atoms with van der Waals surface area (Å²) in [5.41, 5.74) is -0.582. The van der Waals surface area contributed by atoms with E-state index < -0.39 is 41.5 Å². The van der Waals surface area contributed by atoms with Gasteiger partial charge in [0.05, 0.1) is 0 Å². The van der Waals surface area contributed by atoms with E-state index >= 15 is 0 Å². The summed E-state index contributed by atoms with van der Waals surface area (Å²) >= 11 is 0. The molecule has 8 nitrogen and oxygen atoms in total. The van der Waals surface area contributed by atoms with Gasteiger partial charge in [-0.1, -0.05) is 13.0 Å². The summed E-state index contributed by atoms with van der Waals surface area (Å²) in [7, 11) is 2.93. The summed E-state index contributed by atoms with van der Waals surface area (Å²) in [4.78, 5) is 24.6. The number of rotatable bonds is 7. The van der Waals surface area contributed by atoms with Gasteiger partial charge in [0, 0.05) is 46.0 Å². The molecule has 166 valence electrons. The lowest BCUT2D eigenvalue weighted by Crippen LogP contribution is -2.51. The molecule has 2 unspecified atom stereocenters. The molecule has 2 rings (SSSR count). The van der Waals surface area contributed by atoms with E-state index in [-0.39, 0.29) is 12.0 Å². The van der Waals surface area contributed by atoms with E-state index in [1.165, 1.54) is 21.1 Å². The van der Waals surface area contributed by atoms with Gasteiger partial charge in [-0.25, -0.2) is 4.79 Å². The van der Waals surface area contributed by atoms with Gasteiger partial charge < -0.3 is 28.4 Å². The minimum absolute atomic E-state index is 0.105. The molecule has 0 N–H and O–H groups in total. The van der Waals surface area contributed by atoms with Crippen molar-refractivity contribution in [3.05, 3.63) is 12.2 Å². The van der Waals surface area contributed by atoms with Crippen molar-refractivity contribution in [2.75, 3.05) is 14.2 Å². The first kappa shape index (κ1) is 23.8. The summed E-state index contributed by atoms with van der Waals surface area (Å²) in [6.45, 7) is 10.4. The molecule has 2 fully saturated rings. The van der Waals surface area contributed by atoms with Crippen molar-refractivity contribution < 1.29 is 38.0 Å². The number of carbonyl (C=O) groups is 2. The molecule has 0 aromatic carbocycles. The molecule has 1 saturated carbocycles. The third-order valence-electron chi connectivity index (χ3n) is 4.93. The molecule has 1 spiro atoms. The largest absolute Gasteiger partial charge is 0.457 e. The Kier molecular flexibility index (Phi) is 7.48. The van der Waals surface area contributed by atoms with Crippen LogP contribution in [0, 0.1) is 0 Å². The number of ether oxygens (including phenoxy) is 6. The highest BCUT2D eigenvalue weighted by atomic mass is 16.9. The Bertz CT molecular complexity index is 613. The monoisotopic (exact) mass is 414 g/mol. The van der Waals surface area contributed by atoms with Gasteiger partial charge >= 0.3 is 11.9 Å². The van der Waals surface area contributed by atoms with Crippen molar-refractivity contribution in [1.82, 2.24) is 0 Å². The lowest BCUT2D eigenvalue weighted by Gasteiger charge is -2.36. The highest BCUT2D eigenvalue weighted by molar-refractivity contribution is 5.88. The van der Waals surface area contributed by atoms with E-state index in [9.17, 15) is 9.59 Å². The Morgan fingerprint density at radius 2 is 1.72 bits per heavy atom. The first-order valence-corrected chi connectivity index (χ1v) is 10.0. The van der Waals surface area contributed by atoms with E-state index in [0.717, 1.165) is 19.3 Å². The molecule has 0 aromatic rings. The van der Waals surface area contributed by atoms with Gasteiger partial charge in [0.15, 0.2) is 18.2 Å². The number of hydrogen-bond acceptors (Lipinski definition) is 8. The topological polar surface area (TPSA) is 89.5 Å². The Hall–Kier alpha value is -1.48. The average molecular weight is 414 g/mol. The van der Waals surface area contributed by atoms with Crippen molar-refractivity contribution in [3.8, 4) is 0 Å². The van der Waals surface area contributed by atoms with E-state index in [1.54, 1.807) is 20.8 Å². The molecule has 0 radical (unpaired) electrons. The molecule has 0 amide bonds. The van der Waals surface area contributed by atoms with Crippen LogP contribution in [0.4, 0.5) is 0 Å². The van der Waals surface area contributed by atoms with Gasteiger partial charge in [-0.05, 0) is 33.6 Å². The number of esters is 2. The fraction of sp³-hybridized carbons (Fsp3) is 0.810. The minimum atomic E-state index is -1.62. The predicted molar refractivity (Wildman–Crippen MR) is 104 cm³/mol. The second kappa shape index (κ2) is 9.12. The van der Waals surface area contributed by atoms with Gasteiger partial charge in [0.2, 0.25) is 0 Å². The smallest absolute Gasteiger partial charge is 0.334 e. The van der Waals surface area contributed by atoms with E-state index in [1.807, 2.05) is 0 Å². The number of methoxy groups -OCH3 is 2. The first-order valence-electron chi connectivity index (χ1n) is 10.0. The van der Waals surface area contributed by atoms with Crippen molar-refractivity contribution in [1.29, 1.82) is 0 Å². The van der Waals surface area contributed by atoms with Crippen LogP contribution in [0.25, 0.3) is 0 Å². The zero-order chi connectivity index (χ0) is 21.9. The second-order valence-corrected chi connectivity index (χ2v) is 8.64. The zero-order valence-electron chi connectivity index (χ0n) is 18.4. The highest BCUT2D eigenvalue weighted by Gasteiger charge is 2.63. The summed E-state index contributed by atoms with van der Waals surface area (Å²) < 4.78 is 34.5. The molecule has 1 heterocycles. The van der Waals surface area contributed by atoms with Crippen LogP contribution in [0.2, 0.25) is 0 Å². The normalized spacial score (nSPS) is 26.5. The first-order chi connectivity index (χ1) is 13.5. The molecule has 1 saturated heterocycles.